The summed E-state index contributed by atoms with van der Waals surface area (Å²) in [7, 11) is 0. The van der Waals surface area contributed by atoms with E-state index in [1.807, 2.05) is 19.2 Å². The van der Waals surface area contributed by atoms with Crippen molar-refractivity contribution in [3.05, 3.63) is 21.3 Å². The number of ketones is 1. The molecule has 2 heterocycles. The Bertz CT molecular complexity index is 410. The third-order valence-electron chi connectivity index (χ3n) is 3.29. The molecule has 0 saturated carbocycles. The quantitative estimate of drug-likeness (QED) is 0.857. The highest BCUT2D eigenvalue weighted by Gasteiger charge is 2.37. The molecule has 1 aromatic rings. The monoisotopic (exact) mass is 272 g/mol. The molecule has 1 aliphatic heterocycles. The maximum atomic E-state index is 12.5. The highest BCUT2D eigenvalue weighted by atomic mass is 35.5. The first-order valence-corrected chi connectivity index (χ1v) is 7.03. The van der Waals surface area contributed by atoms with Gasteiger partial charge in [-0.3, -0.25) is 9.69 Å². The van der Waals surface area contributed by atoms with Crippen molar-refractivity contribution >= 4 is 28.7 Å². The first-order chi connectivity index (χ1) is 8.03. The van der Waals surface area contributed by atoms with Gasteiger partial charge in [0.1, 0.15) is 0 Å². The molecule has 1 fully saturated rings. The lowest BCUT2D eigenvalue weighted by Crippen LogP contribution is -2.56. The number of rotatable bonds is 3. The van der Waals surface area contributed by atoms with Crippen LogP contribution in [0.4, 0.5) is 0 Å². The second-order valence-corrected chi connectivity index (χ2v) is 6.05. The van der Waals surface area contributed by atoms with Crippen LogP contribution in [0.1, 0.15) is 23.5 Å². The maximum absolute atomic E-state index is 12.5. The van der Waals surface area contributed by atoms with E-state index < -0.39 is 5.54 Å². The lowest BCUT2D eigenvalue weighted by atomic mass is 9.94. The van der Waals surface area contributed by atoms with Crippen LogP contribution < -0.4 is 5.32 Å². The second-order valence-electron chi connectivity index (χ2n) is 4.72. The minimum Gasteiger partial charge on any atom is -0.314 e. The van der Waals surface area contributed by atoms with Crippen LogP contribution in [0.2, 0.25) is 5.02 Å². The average Bonchev–Trinajstić information content (AvgIpc) is 2.75. The molecule has 17 heavy (non-hydrogen) atoms. The third-order valence-corrected chi connectivity index (χ3v) is 4.63. The average molecular weight is 273 g/mol. The molecule has 0 unspecified atom stereocenters. The van der Waals surface area contributed by atoms with Crippen LogP contribution in [-0.4, -0.2) is 42.4 Å². The van der Waals surface area contributed by atoms with E-state index in [1.165, 1.54) is 11.3 Å². The molecule has 0 atom stereocenters. The molecule has 2 rings (SSSR count). The van der Waals surface area contributed by atoms with Gasteiger partial charge in [0.2, 0.25) is 0 Å². The van der Waals surface area contributed by atoms with Crippen molar-refractivity contribution in [3.8, 4) is 0 Å². The number of carbonyl (C=O) groups is 1. The van der Waals surface area contributed by atoms with Crippen LogP contribution in [-0.2, 0) is 0 Å². The standard InChI is InChI=1S/C12H17ClN2OS/c1-12(2,15-6-4-14-5-7-15)11(16)10-9(13)3-8-17-10/h3,8,14H,4-7H2,1-2H3. The summed E-state index contributed by atoms with van der Waals surface area (Å²) in [6.45, 7) is 7.65. The van der Waals surface area contributed by atoms with E-state index in [-0.39, 0.29) is 5.78 Å². The van der Waals surface area contributed by atoms with E-state index in [2.05, 4.69) is 10.2 Å². The minimum absolute atomic E-state index is 0.124. The van der Waals surface area contributed by atoms with Gasteiger partial charge in [-0.1, -0.05) is 11.6 Å². The number of hydrogen-bond donors (Lipinski definition) is 1. The van der Waals surface area contributed by atoms with Gasteiger partial charge in [0.05, 0.1) is 15.4 Å². The van der Waals surface area contributed by atoms with Gasteiger partial charge in [-0.2, -0.15) is 0 Å². The number of carbonyl (C=O) groups excluding carboxylic acids is 1. The normalized spacial score (nSPS) is 18.3. The van der Waals surface area contributed by atoms with Gasteiger partial charge < -0.3 is 5.32 Å². The summed E-state index contributed by atoms with van der Waals surface area (Å²) >= 11 is 7.46. The Morgan fingerprint density at radius 2 is 2.12 bits per heavy atom. The van der Waals surface area contributed by atoms with Crippen LogP contribution in [0.3, 0.4) is 0 Å². The van der Waals surface area contributed by atoms with Crippen molar-refractivity contribution in [1.29, 1.82) is 0 Å². The number of halogens is 1. The molecule has 1 N–H and O–H groups in total. The van der Waals surface area contributed by atoms with E-state index in [0.29, 0.717) is 9.90 Å². The van der Waals surface area contributed by atoms with Gasteiger partial charge in [-0.15, -0.1) is 11.3 Å². The van der Waals surface area contributed by atoms with Gasteiger partial charge in [-0.05, 0) is 25.3 Å². The second kappa shape index (κ2) is 5.06. The van der Waals surface area contributed by atoms with Gasteiger partial charge in [0.15, 0.2) is 5.78 Å². The zero-order chi connectivity index (χ0) is 12.5. The van der Waals surface area contributed by atoms with Crippen molar-refractivity contribution in [1.82, 2.24) is 10.2 Å². The van der Waals surface area contributed by atoms with Gasteiger partial charge in [0, 0.05) is 26.2 Å². The Morgan fingerprint density at radius 1 is 1.47 bits per heavy atom. The van der Waals surface area contributed by atoms with Crippen molar-refractivity contribution in [2.45, 2.75) is 19.4 Å². The Labute approximate surface area is 111 Å². The molecule has 0 bridgehead atoms. The molecular formula is C12H17ClN2OS. The number of Topliss-reactive ketones (excluding diaryl/α,β-unsaturated/α-hetero) is 1. The zero-order valence-corrected chi connectivity index (χ0v) is 11.7. The molecule has 3 nitrogen and oxygen atoms in total. The fourth-order valence-corrected chi connectivity index (χ4v) is 3.34. The van der Waals surface area contributed by atoms with E-state index >= 15 is 0 Å². The summed E-state index contributed by atoms with van der Waals surface area (Å²) in [5, 5.41) is 5.73. The molecule has 0 spiro atoms. The number of piperazine rings is 1. The molecule has 0 aliphatic carbocycles. The number of hydrogen-bond acceptors (Lipinski definition) is 4. The smallest absolute Gasteiger partial charge is 0.193 e. The largest absolute Gasteiger partial charge is 0.314 e. The Hall–Kier alpha value is -0.420. The van der Waals surface area contributed by atoms with Crippen LogP contribution in [0.5, 0.6) is 0 Å². The Morgan fingerprint density at radius 3 is 2.65 bits per heavy atom. The van der Waals surface area contributed by atoms with E-state index in [0.717, 1.165) is 26.2 Å². The topological polar surface area (TPSA) is 32.3 Å². The summed E-state index contributed by atoms with van der Waals surface area (Å²) in [6.07, 6.45) is 0. The van der Waals surface area contributed by atoms with Crippen LogP contribution in [0, 0.1) is 0 Å². The Kier molecular flexibility index (Phi) is 3.88. The van der Waals surface area contributed by atoms with Gasteiger partial charge in [0.25, 0.3) is 0 Å². The summed E-state index contributed by atoms with van der Waals surface area (Å²) in [5.74, 6) is 0.124. The van der Waals surface area contributed by atoms with Crippen LogP contribution >= 0.6 is 22.9 Å². The summed E-state index contributed by atoms with van der Waals surface area (Å²) < 4.78 is 0. The van der Waals surface area contributed by atoms with Crippen molar-refractivity contribution in [2.75, 3.05) is 26.2 Å². The first kappa shape index (κ1) is 13.0. The lowest BCUT2D eigenvalue weighted by Gasteiger charge is -2.39. The lowest BCUT2D eigenvalue weighted by molar-refractivity contribution is 0.0607. The SMILES string of the molecule is CC(C)(C(=O)c1sccc1Cl)N1CCNCC1. The summed E-state index contributed by atoms with van der Waals surface area (Å²) in [5.41, 5.74) is -0.476. The fourth-order valence-electron chi connectivity index (χ4n) is 2.10. The molecule has 0 aromatic carbocycles. The Balaban J connectivity index is 2.19. The molecule has 5 heteroatoms. The number of nitrogens with one attached hydrogen (secondary N) is 1. The van der Waals surface area contributed by atoms with Crippen molar-refractivity contribution in [2.24, 2.45) is 0 Å². The van der Waals surface area contributed by atoms with Crippen LogP contribution in [0.25, 0.3) is 0 Å². The predicted molar refractivity (Wildman–Crippen MR) is 72.2 cm³/mol. The minimum atomic E-state index is -0.476. The molecule has 0 radical (unpaired) electrons. The number of thiophene rings is 1. The highest BCUT2D eigenvalue weighted by Crippen LogP contribution is 2.29. The molecule has 1 aliphatic rings. The maximum Gasteiger partial charge on any atom is 0.193 e. The van der Waals surface area contributed by atoms with E-state index in [4.69, 9.17) is 11.6 Å². The summed E-state index contributed by atoms with van der Waals surface area (Å²) in [4.78, 5) is 15.4. The molecule has 1 saturated heterocycles. The molecule has 1 aromatic heterocycles. The molecular weight excluding hydrogens is 256 g/mol. The molecule has 94 valence electrons. The predicted octanol–water partition coefficient (Wildman–Crippen LogP) is 2.27. The molecule has 0 amide bonds. The van der Waals surface area contributed by atoms with E-state index in [9.17, 15) is 4.79 Å². The van der Waals surface area contributed by atoms with Crippen molar-refractivity contribution < 1.29 is 4.79 Å². The number of nitrogens with zero attached hydrogens (tertiary/aromatic N) is 1. The zero-order valence-electron chi connectivity index (χ0n) is 10.1. The van der Waals surface area contributed by atoms with Crippen molar-refractivity contribution in [3.63, 3.8) is 0 Å². The van der Waals surface area contributed by atoms with Gasteiger partial charge in [-0.25, -0.2) is 0 Å². The first-order valence-electron chi connectivity index (χ1n) is 5.77. The van der Waals surface area contributed by atoms with Crippen LogP contribution in [0.15, 0.2) is 11.4 Å². The van der Waals surface area contributed by atoms with Gasteiger partial charge >= 0.3 is 0 Å². The fraction of sp³-hybridized carbons (Fsp3) is 0.583. The highest BCUT2D eigenvalue weighted by molar-refractivity contribution is 7.12. The summed E-state index contributed by atoms with van der Waals surface area (Å²) in [6, 6.07) is 1.79. The van der Waals surface area contributed by atoms with E-state index in [1.54, 1.807) is 6.07 Å². The third kappa shape index (κ3) is 2.55.